The molecule has 0 saturated carbocycles. The maximum absolute atomic E-state index is 13.0. The number of carbonyl (C=O) groups is 4. The van der Waals surface area contributed by atoms with Crippen LogP contribution in [0.1, 0.15) is 41.4 Å². The van der Waals surface area contributed by atoms with Crippen molar-refractivity contribution in [3.05, 3.63) is 83.4 Å². The van der Waals surface area contributed by atoms with E-state index in [2.05, 4.69) is 10.6 Å². The quantitative estimate of drug-likeness (QED) is 0.468. The number of amides is 3. The lowest BCUT2D eigenvalue weighted by Gasteiger charge is -2.17. The molecule has 0 spiro atoms. The van der Waals surface area contributed by atoms with Crippen LogP contribution < -0.4 is 20.1 Å². The number of benzene rings is 3. The molecule has 166 valence electrons. The molecular weight excluding hydrogens is 424 g/mol. The Balaban J connectivity index is 1.60. The molecule has 8 nitrogen and oxygen atoms in total. The lowest BCUT2D eigenvalue weighted by Crippen LogP contribution is -2.41. The van der Waals surface area contributed by atoms with Crippen molar-refractivity contribution in [2.75, 3.05) is 0 Å². The van der Waals surface area contributed by atoms with Crippen LogP contribution in [0, 0.1) is 0 Å². The lowest BCUT2D eigenvalue weighted by atomic mass is 10.1. The molecule has 0 heterocycles. The van der Waals surface area contributed by atoms with Crippen molar-refractivity contribution in [3.63, 3.8) is 0 Å². The molecule has 1 aliphatic carbocycles. The highest BCUT2D eigenvalue weighted by molar-refractivity contribution is 6.08. The third-order valence-corrected chi connectivity index (χ3v) is 5.06. The van der Waals surface area contributed by atoms with Gasteiger partial charge in [-0.1, -0.05) is 54.6 Å². The van der Waals surface area contributed by atoms with Gasteiger partial charge in [-0.2, -0.15) is 0 Å². The van der Waals surface area contributed by atoms with E-state index in [0.29, 0.717) is 0 Å². The SMILES string of the molecule is CC(=O)Oc1cccc(OC(C)=O)c1C(=O)NC(=O)NC1c2ccccc2-c2ccccc21. The minimum atomic E-state index is -0.889. The molecule has 0 atom stereocenters. The Morgan fingerprint density at radius 1 is 0.697 bits per heavy atom. The summed E-state index contributed by atoms with van der Waals surface area (Å²) < 4.78 is 10.1. The second kappa shape index (κ2) is 8.96. The summed E-state index contributed by atoms with van der Waals surface area (Å²) in [5.74, 6) is -2.51. The van der Waals surface area contributed by atoms with Crippen LogP contribution in [0.25, 0.3) is 11.1 Å². The average molecular weight is 444 g/mol. The topological polar surface area (TPSA) is 111 Å². The standard InChI is InChI=1S/C25H20N2O6/c1-14(28)32-20-12-7-13-21(33-15(2)29)22(20)24(30)27-25(31)26-23-18-10-5-3-8-16(18)17-9-4-6-11-19(17)23/h3-13,23H,1-2H3,(H2,26,27,30,31). The zero-order valence-corrected chi connectivity index (χ0v) is 17.9. The number of carbonyl (C=O) groups excluding carboxylic acids is 4. The van der Waals surface area contributed by atoms with Gasteiger partial charge in [0.15, 0.2) is 0 Å². The third kappa shape index (κ3) is 4.45. The summed E-state index contributed by atoms with van der Waals surface area (Å²) in [6.45, 7) is 2.34. The highest BCUT2D eigenvalue weighted by Gasteiger charge is 2.30. The van der Waals surface area contributed by atoms with Crippen molar-refractivity contribution in [3.8, 4) is 22.6 Å². The number of hydrogen-bond acceptors (Lipinski definition) is 6. The highest BCUT2D eigenvalue weighted by Crippen LogP contribution is 2.43. The second-order valence-corrected chi connectivity index (χ2v) is 7.35. The van der Waals surface area contributed by atoms with Crippen LogP contribution in [0.5, 0.6) is 11.5 Å². The predicted octanol–water partition coefficient (Wildman–Crippen LogP) is 3.75. The number of nitrogens with one attached hydrogen (secondary N) is 2. The number of rotatable bonds is 4. The van der Waals surface area contributed by atoms with Crippen molar-refractivity contribution < 1.29 is 28.7 Å². The number of esters is 2. The van der Waals surface area contributed by atoms with Gasteiger partial charge in [-0.3, -0.25) is 19.7 Å². The van der Waals surface area contributed by atoms with Gasteiger partial charge < -0.3 is 14.8 Å². The summed E-state index contributed by atoms with van der Waals surface area (Å²) in [6, 6.07) is 18.3. The maximum Gasteiger partial charge on any atom is 0.322 e. The van der Waals surface area contributed by atoms with E-state index in [0.717, 1.165) is 22.3 Å². The van der Waals surface area contributed by atoms with E-state index in [1.165, 1.54) is 32.0 Å². The molecule has 3 amide bonds. The van der Waals surface area contributed by atoms with Gasteiger partial charge in [0.2, 0.25) is 0 Å². The molecule has 8 heteroatoms. The summed E-state index contributed by atoms with van der Waals surface area (Å²) in [7, 11) is 0. The zero-order chi connectivity index (χ0) is 23.5. The van der Waals surface area contributed by atoms with Crippen molar-refractivity contribution in [1.29, 1.82) is 0 Å². The molecule has 0 aliphatic heterocycles. The molecule has 2 N–H and O–H groups in total. The third-order valence-electron chi connectivity index (χ3n) is 5.06. The first-order valence-corrected chi connectivity index (χ1v) is 10.1. The van der Waals surface area contributed by atoms with Crippen LogP contribution >= 0.6 is 0 Å². The summed E-state index contributed by atoms with van der Waals surface area (Å²) in [6.07, 6.45) is 0. The highest BCUT2D eigenvalue weighted by atomic mass is 16.5. The summed E-state index contributed by atoms with van der Waals surface area (Å²) in [4.78, 5) is 48.7. The van der Waals surface area contributed by atoms with Gasteiger partial charge in [0, 0.05) is 13.8 Å². The van der Waals surface area contributed by atoms with E-state index in [-0.39, 0.29) is 17.1 Å². The monoisotopic (exact) mass is 444 g/mol. The van der Waals surface area contributed by atoms with Gasteiger partial charge in [0.25, 0.3) is 5.91 Å². The minimum Gasteiger partial charge on any atom is -0.426 e. The van der Waals surface area contributed by atoms with Gasteiger partial charge in [0.1, 0.15) is 17.1 Å². The number of hydrogen-bond donors (Lipinski definition) is 2. The number of ether oxygens (including phenoxy) is 2. The first kappa shape index (κ1) is 21.8. The normalized spacial score (nSPS) is 11.7. The fourth-order valence-electron chi connectivity index (χ4n) is 3.86. The van der Waals surface area contributed by atoms with Crippen molar-refractivity contribution in [2.45, 2.75) is 19.9 Å². The Bertz CT molecular complexity index is 1200. The van der Waals surface area contributed by atoms with Crippen LogP contribution in [0.15, 0.2) is 66.7 Å². The molecule has 0 radical (unpaired) electrons. The predicted molar refractivity (Wildman–Crippen MR) is 119 cm³/mol. The molecule has 0 unspecified atom stereocenters. The summed E-state index contributed by atoms with van der Waals surface area (Å²) in [5, 5.41) is 5.07. The Morgan fingerprint density at radius 3 is 1.67 bits per heavy atom. The maximum atomic E-state index is 13.0. The molecule has 0 saturated heterocycles. The lowest BCUT2D eigenvalue weighted by molar-refractivity contribution is -0.132. The fraction of sp³-hybridized carbons (Fsp3) is 0.120. The van der Waals surface area contributed by atoms with Gasteiger partial charge in [-0.15, -0.1) is 0 Å². The Kier molecular flexibility index (Phi) is 5.91. The van der Waals surface area contributed by atoms with E-state index >= 15 is 0 Å². The molecule has 0 aromatic heterocycles. The summed E-state index contributed by atoms with van der Waals surface area (Å²) >= 11 is 0. The summed E-state index contributed by atoms with van der Waals surface area (Å²) in [5.41, 5.74) is 3.57. The minimum absolute atomic E-state index is 0.136. The van der Waals surface area contributed by atoms with Gasteiger partial charge in [-0.25, -0.2) is 4.79 Å². The Hall–Kier alpha value is -4.46. The van der Waals surface area contributed by atoms with E-state index < -0.39 is 29.9 Å². The van der Waals surface area contributed by atoms with Crippen molar-refractivity contribution in [1.82, 2.24) is 10.6 Å². The average Bonchev–Trinajstić information content (AvgIpc) is 3.07. The van der Waals surface area contributed by atoms with E-state index in [4.69, 9.17) is 9.47 Å². The van der Waals surface area contributed by atoms with Crippen LogP contribution in [-0.2, 0) is 9.59 Å². The van der Waals surface area contributed by atoms with Crippen LogP contribution in [-0.4, -0.2) is 23.9 Å². The van der Waals surface area contributed by atoms with Gasteiger partial charge in [0.05, 0.1) is 6.04 Å². The van der Waals surface area contributed by atoms with Crippen molar-refractivity contribution in [2.24, 2.45) is 0 Å². The number of fused-ring (bicyclic) bond motifs is 3. The molecule has 3 aromatic rings. The largest absolute Gasteiger partial charge is 0.426 e. The van der Waals surface area contributed by atoms with Gasteiger partial charge in [-0.05, 0) is 34.4 Å². The van der Waals surface area contributed by atoms with E-state index in [1.807, 2.05) is 48.5 Å². The molecule has 3 aromatic carbocycles. The molecule has 4 rings (SSSR count). The molecule has 33 heavy (non-hydrogen) atoms. The number of urea groups is 1. The van der Waals surface area contributed by atoms with Gasteiger partial charge >= 0.3 is 18.0 Å². The molecule has 0 bridgehead atoms. The smallest absolute Gasteiger partial charge is 0.322 e. The molecule has 1 aliphatic rings. The first-order chi connectivity index (χ1) is 15.8. The van der Waals surface area contributed by atoms with E-state index in [1.54, 1.807) is 0 Å². The van der Waals surface area contributed by atoms with Crippen LogP contribution in [0.3, 0.4) is 0 Å². The Labute approximate surface area is 189 Å². The number of imide groups is 1. The van der Waals surface area contributed by atoms with E-state index in [9.17, 15) is 19.2 Å². The Morgan fingerprint density at radius 2 is 1.18 bits per heavy atom. The van der Waals surface area contributed by atoms with Crippen LogP contribution in [0.2, 0.25) is 0 Å². The first-order valence-electron chi connectivity index (χ1n) is 10.1. The van der Waals surface area contributed by atoms with Crippen LogP contribution in [0.4, 0.5) is 4.79 Å². The van der Waals surface area contributed by atoms with Crippen molar-refractivity contribution >= 4 is 23.9 Å². The zero-order valence-electron chi connectivity index (χ0n) is 17.9. The second-order valence-electron chi connectivity index (χ2n) is 7.35. The fourth-order valence-corrected chi connectivity index (χ4v) is 3.86. The molecular formula is C25H20N2O6. The molecule has 0 fully saturated rings.